The average Bonchev–Trinajstić information content (AvgIpc) is 3.25. The molecule has 10 heteroatoms. The Morgan fingerprint density at radius 1 is 1.07 bits per heavy atom. The average molecular weight is 449 g/mol. The molecule has 0 aromatic heterocycles. The van der Waals surface area contributed by atoms with Gasteiger partial charge in [0.15, 0.2) is 0 Å². The molecule has 2 unspecified atom stereocenters. The molecule has 3 nitrogen and oxygen atoms in total. The maximum absolute atomic E-state index is 14.1. The molecule has 0 fully saturated rings. The zero-order valence-electron chi connectivity index (χ0n) is 15.2. The Kier molecular flexibility index (Phi) is 4.81. The number of alkyl halides is 6. The number of halogens is 7. The summed E-state index contributed by atoms with van der Waals surface area (Å²) in [6, 6.07) is 6.70. The van der Waals surface area contributed by atoms with E-state index in [1.54, 1.807) is 18.2 Å². The summed E-state index contributed by atoms with van der Waals surface area (Å²) in [7, 11) is 0. The monoisotopic (exact) mass is 448 g/mol. The van der Waals surface area contributed by atoms with E-state index in [0.29, 0.717) is 24.1 Å². The molecule has 4 rings (SSSR count). The zero-order chi connectivity index (χ0) is 21.9. The van der Waals surface area contributed by atoms with Gasteiger partial charge in [0.05, 0.1) is 11.3 Å². The number of fused-ring (bicyclic) bond motifs is 1. The van der Waals surface area contributed by atoms with Gasteiger partial charge in [-0.1, -0.05) is 28.9 Å². The molecule has 1 aliphatic heterocycles. The molecule has 30 heavy (non-hydrogen) atoms. The highest BCUT2D eigenvalue weighted by Crippen LogP contribution is 2.50. The number of benzene rings is 2. The van der Waals surface area contributed by atoms with Crippen LogP contribution in [0.5, 0.6) is 0 Å². The minimum atomic E-state index is -5.04. The predicted octanol–water partition coefficient (Wildman–Crippen LogP) is 5.89. The van der Waals surface area contributed by atoms with E-state index in [-0.39, 0.29) is 11.8 Å². The maximum atomic E-state index is 14.1. The van der Waals surface area contributed by atoms with Gasteiger partial charge in [0.25, 0.3) is 5.60 Å². The minimum Gasteiger partial charge on any atom is -0.374 e. The summed E-state index contributed by atoms with van der Waals surface area (Å²) in [5, 5.41) is 3.13. The first kappa shape index (κ1) is 21.0. The van der Waals surface area contributed by atoms with Gasteiger partial charge in [0.2, 0.25) is 0 Å². The Balaban J connectivity index is 1.74. The number of rotatable bonds is 2. The van der Waals surface area contributed by atoms with Crippen molar-refractivity contribution in [2.24, 2.45) is 10.9 Å². The molecule has 0 saturated heterocycles. The van der Waals surface area contributed by atoms with Crippen molar-refractivity contribution in [1.29, 1.82) is 0 Å². The van der Waals surface area contributed by atoms with Gasteiger partial charge >= 0.3 is 12.4 Å². The molecule has 2 aromatic carbocycles. The van der Waals surface area contributed by atoms with E-state index in [9.17, 15) is 26.3 Å². The third-order valence-corrected chi connectivity index (χ3v) is 5.70. The van der Waals surface area contributed by atoms with Crippen molar-refractivity contribution in [3.05, 3.63) is 69.2 Å². The number of aryl methyl sites for hydroxylation is 1. The van der Waals surface area contributed by atoms with E-state index in [1.165, 1.54) is 0 Å². The van der Waals surface area contributed by atoms with Gasteiger partial charge in [0.1, 0.15) is 0 Å². The first-order valence-corrected chi connectivity index (χ1v) is 9.37. The molecule has 0 amide bonds. The summed E-state index contributed by atoms with van der Waals surface area (Å²) in [4.78, 5) is 4.83. The lowest BCUT2D eigenvalue weighted by molar-refractivity contribution is -0.276. The maximum Gasteiger partial charge on any atom is 0.435 e. The summed E-state index contributed by atoms with van der Waals surface area (Å²) in [5.74, 6) is 0. The van der Waals surface area contributed by atoms with Crippen LogP contribution in [0.15, 0.2) is 41.6 Å². The summed E-state index contributed by atoms with van der Waals surface area (Å²) in [5.41, 5.74) is 3.10. The molecule has 2 aliphatic rings. The van der Waals surface area contributed by atoms with E-state index >= 15 is 0 Å². The number of nitrogens with two attached hydrogens (primary N) is 1. The van der Waals surface area contributed by atoms with Gasteiger partial charge in [-0.15, -0.1) is 0 Å². The molecule has 0 saturated carbocycles. The fourth-order valence-electron chi connectivity index (χ4n) is 3.87. The van der Waals surface area contributed by atoms with Crippen LogP contribution in [-0.4, -0.2) is 11.9 Å². The molecule has 1 aliphatic carbocycles. The van der Waals surface area contributed by atoms with Crippen molar-refractivity contribution < 1.29 is 31.2 Å². The van der Waals surface area contributed by atoms with Crippen molar-refractivity contribution in [3.63, 3.8) is 0 Å². The van der Waals surface area contributed by atoms with Crippen LogP contribution in [0, 0.1) is 0 Å². The van der Waals surface area contributed by atoms with Gasteiger partial charge in [-0.3, -0.25) is 0 Å². The van der Waals surface area contributed by atoms with E-state index < -0.39 is 40.5 Å². The van der Waals surface area contributed by atoms with Crippen LogP contribution in [0.1, 0.15) is 46.7 Å². The Hall–Kier alpha value is -2.26. The summed E-state index contributed by atoms with van der Waals surface area (Å²) in [6.45, 7) is 0. The van der Waals surface area contributed by atoms with E-state index in [4.69, 9.17) is 22.2 Å². The molecule has 2 aromatic rings. The van der Waals surface area contributed by atoms with Gasteiger partial charge in [-0.2, -0.15) is 26.3 Å². The standard InChI is InChI=1S/C20H15ClF6N2O/c21-14-7-12(6-13(8-14)19(22,23)24)18(20(25,26)27)9-17(29-30-18)11-1-3-15-10(5-11)2-4-16(15)28/h1,3,5-8,16H,2,4,9,28H2. The molecule has 0 radical (unpaired) electrons. The van der Waals surface area contributed by atoms with Crippen molar-refractivity contribution in [1.82, 2.24) is 0 Å². The lowest BCUT2D eigenvalue weighted by Crippen LogP contribution is -2.43. The van der Waals surface area contributed by atoms with Gasteiger partial charge in [-0.25, -0.2) is 0 Å². The smallest absolute Gasteiger partial charge is 0.374 e. The molecular weight excluding hydrogens is 434 g/mol. The second-order valence-electron chi connectivity index (χ2n) is 7.42. The molecule has 0 spiro atoms. The van der Waals surface area contributed by atoms with Crippen LogP contribution in [0.4, 0.5) is 26.3 Å². The highest BCUT2D eigenvalue weighted by atomic mass is 35.5. The Labute approximate surface area is 172 Å². The fraction of sp³-hybridized carbons (Fsp3) is 0.350. The second kappa shape index (κ2) is 6.88. The van der Waals surface area contributed by atoms with Crippen LogP contribution < -0.4 is 5.73 Å². The van der Waals surface area contributed by atoms with Crippen LogP contribution in [0.25, 0.3) is 0 Å². The molecular formula is C20H15ClF6N2O. The first-order chi connectivity index (χ1) is 13.9. The summed E-state index contributed by atoms with van der Waals surface area (Å²) < 4.78 is 81.7. The Morgan fingerprint density at radius 2 is 1.80 bits per heavy atom. The molecule has 1 heterocycles. The largest absolute Gasteiger partial charge is 0.435 e. The van der Waals surface area contributed by atoms with Crippen LogP contribution in [-0.2, 0) is 23.0 Å². The van der Waals surface area contributed by atoms with E-state index in [2.05, 4.69) is 5.16 Å². The number of nitrogens with zero attached hydrogens (tertiary/aromatic N) is 1. The molecule has 0 bridgehead atoms. The summed E-state index contributed by atoms with van der Waals surface area (Å²) >= 11 is 5.71. The van der Waals surface area contributed by atoms with Gasteiger partial charge < -0.3 is 10.6 Å². The van der Waals surface area contributed by atoms with Crippen molar-refractivity contribution >= 4 is 17.3 Å². The van der Waals surface area contributed by atoms with Crippen LogP contribution >= 0.6 is 11.6 Å². The normalized spacial score (nSPS) is 23.9. The topological polar surface area (TPSA) is 47.6 Å². The lowest BCUT2D eigenvalue weighted by atomic mass is 9.85. The third-order valence-electron chi connectivity index (χ3n) is 5.48. The fourth-order valence-corrected chi connectivity index (χ4v) is 4.11. The van der Waals surface area contributed by atoms with Crippen LogP contribution in [0.2, 0.25) is 5.02 Å². The predicted molar refractivity (Wildman–Crippen MR) is 98.1 cm³/mol. The van der Waals surface area contributed by atoms with E-state index in [0.717, 1.165) is 23.6 Å². The van der Waals surface area contributed by atoms with Crippen LogP contribution in [0.3, 0.4) is 0 Å². The summed E-state index contributed by atoms with van der Waals surface area (Å²) in [6.07, 6.45) is -9.26. The highest BCUT2D eigenvalue weighted by molar-refractivity contribution is 6.30. The number of hydrogen-bond donors (Lipinski definition) is 1. The first-order valence-electron chi connectivity index (χ1n) is 8.99. The van der Waals surface area contributed by atoms with Crippen molar-refractivity contribution in [2.75, 3.05) is 0 Å². The quantitative estimate of drug-likeness (QED) is 0.583. The molecule has 160 valence electrons. The van der Waals surface area contributed by atoms with Crippen molar-refractivity contribution in [3.8, 4) is 0 Å². The van der Waals surface area contributed by atoms with Gasteiger partial charge in [0, 0.05) is 23.0 Å². The van der Waals surface area contributed by atoms with E-state index in [1.807, 2.05) is 0 Å². The second-order valence-corrected chi connectivity index (χ2v) is 7.85. The molecule has 2 atom stereocenters. The molecule has 2 N–H and O–H groups in total. The minimum absolute atomic E-state index is 0.0101. The zero-order valence-corrected chi connectivity index (χ0v) is 16.0. The lowest BCUT2D eigenvalue weighted by Gasteiger charge is -2.30. The highest BCUT2D eigenvalue weighted by Gasteiger charge is 2.62. The van der Waals surface area contributed by atoms with Gasteiger partial charge in [-0.05, 0) is 53.8 Å². The van der Waals surface area contributed by atoms with Crippen molar-refractivity contribution in [2.45, 2.75) is 43.3 Å². The SMILES string of the molecule is NC1CCc2cc(C3=NOC(c4cc(Cl)cc(C(F)(F)F)c4)(C(F)(F)F)C3)ccc21. The Morgan fingerprint density at radius 3 is 2.47 bits per heavy atom. The third kappa shape index (κ3) is 3.43. The Bertz CT molecular complexity index is 1030. The number of oxime groups is 1. The number of hydrogen-bond acceptors (Lipinski definition) is 3.